The van der Waals surface area contributed by atoms with Crippen molar-refractivity contribution in [1.82, 2.24) is 0 Å². The van der Waals surface area contributed by atoms with Crippen LogP contribution in [0.2, 0.25) is 0 Å². The molecule has 0 amide bonds. The molecule has 1 aliphatic rings. The Morgan fingerprint density at radius 2 is 1.65 bits per heavy atom. The lowest BCUT2D eigenvalue weighted by Crippen LogP contribution is -2.17. The van der Waals surface area contributed by atoms with Gasteiger partial charge in [-0.1, -0.05) is 24.0 Å². The molecule has 1 fully saturated rings. The predicted molar refractivity (Wildman–Crippen MR) is 92.7 cm³/mol. The summed E-state index contributed by atoms with van der Waals surface area (Å²) in [5, 5.41) is 10.1. The standard InChI is InChI=1S/C20H21NO2/c1-23-19-11-7-17(8-12-19)20(22)13-6-16-4-9-18(10-5-16)21-14-2-3-15-21/h4-5,7-12,20,22H,2-3,14-15H2,1H3. The Morgan fingerprint density at radius 1 is 1.00 bits per heavy atom. The first-order chi connectivity index (χ1) is 11.3. The fraction of sp³-hybridized carbons (Fsp3) is 0.300. The Bertz CT molecular complexity index is 689. The Labute approximate surface area is 137 Å². The van der Waals surface area contributed by atoms with E-state index in [1.165, 1.54) is 18.5 Å². The lowest BCUT2D eigenvalue weighted by Gasteiger charge is -2.17. The van der Waals surface area contributed by atoms with Gasteiger partial charge in [0.2, 0.25) is 0 Å². The Morgan fingerprint density at radius 3 is 2.26 bits per heavy atom. The summed E-state index contributed by atoms with van der Waals surface area (Å²) in [5.74, 6) is 6.70. The van der Waals surface area contributed by atoms with Gasteiger partial charge in [-0.25, -0.2) is 0 Å². The second-order valence-electron chi connectivity index (χ2n) is 5.69. The Balaban J connectivity index is 1.67. The molecule has 0 spiro atoms. The van der Waals surface area contributed by atoms with Gasteiger partial charge in [0.15, 0.2) is 0 Å². The van der Waals surface area contributed by atoms with Crippen LogP contribution in [0.3, 0.4) is 0 Å². The molecule has 1 atom stereocenters. The minimum Gasteiger partial charge on any atom is -0.497 e. The summed E-state index contributed by atoms with van der Waals surface area (Å²) in [6, 6.07) is 15.5. The molecule has 23 heavy (non-hydrogen) atoms. The van der Waals surface area contributed by atoms with Crippen molar-refractivity contribution in [2.45, 2.75) is 18.9 Å². The molecular formula is C20H21NO2. The normalized spacial score (nSPS) is 15.0. The van der Waals surface area contributed by atoms with Crippen LogP contribution in [0.15, 0.2) is 48.5 Å². The number of aliphatic hydroxyl groups excluding tert-OH is 1. The average Bonchev–Trinajstić information content (AvgIpc) is 3.15. The lowest BCUT2D eigenvalue weighted by molar-refractivity contribution is 0.238. The molecule has 1 aliphatic heterocycles. The summed E-state index contributed by atoms with van der Waals surface area (Å²) in [6.45, 7) is 2.28. The van der Waals surface area contributed by atoms with Crippen LogP contribution in [0.4, 0.5) is 5.69 Å². The predicted octanol–water partition coefficient (Wildman–Crippen LogP) is 3.38. The number of aliphatic hydroxyl groups is 1. The first-order valence-electron chi connectivity index (χ1n) is 7.95. The molecule has 1 heterocycles. The molecule has 0 aromatic heterocycles. The van der Waals surface area contributed by atoms with Gasteiger partial charge >= 0.3 is 0 Å². The summed E-state index contributed by atoms with van der Waals surface area (Å²) >= 11 is 0. The summed E-state index contributed by atoms with van der Waals surface area (Å²) in [6.07, 6.45) is 1.75. The smallest absolute Gasteiger partial charge is 0.140 e. The van der Waals surface area contributed by atoms with E-state index in [1.807, 2.05) is 36.4 Å². The minimum absolute atomic E-state index is 0.770. The van der Waals surface area contributed by atoms with Crippen LogP contribution < -0.4 is 9.64 Å². The SMILES string of the molecule is COc1ccc(C(O)C#Cc2ccc(N3CCCC3)cc2)cc1. The Hall–Kier alpha value is -2.44. The number of rotatable bonds is 3. The van der Waals surface area contributed by atoms with Crippen molar-refractivity contribution < 1.29 is 9.84 Å². The zero-order chi connectivity index (χ0) is 16.1. The molecule has 3 nitrogen and oxygen atoms in total. The van der Waals surface area contributed by atoms with Gasteiger partial charge in [-0.2, -0.15) is 0 Å². The Kier molecular flexibility index (Phi) is 4.85. The first kappa shape index (κ1) is 15.5. The monoisotopic (exact) mass is 307 g/mol. The highest BCUT2D eigenvalue weighted by Crippen LogP contribution is 2.20. The molecule has 0 aliphatic carbocycles. The van der Waals surface area contributed by atoms with E-state index in [2.05, 4.69) is 28.9 Å². The number of nitrogens with zero attached hydrogens (tertiary/aromatic N) is 1. The van der Waals surface area contributed by atoms with Crippen LogP contribution in [-0.4, -0.2) is 25.3 Å². The zero-order valence-corrected chi connectivity index (χ0v) is 13.3. The van der Waals surface area contributed by atoms with Crippen molar-refractivity contribution in [3.63, 3.8) is 0 Å². The molecule has 3 heteroatoms. The lowest BCUT2D eigenvalue weighted by atomic mass is 10.1. The van der Waals surface area contributed by atoms with Crippen molar-refractivity contribution in [3.8, 4) is 17.6 Å². The topological polar surface area (TPSA) is 32.7 Å². The maximum absolute atomic E-state index is 10.1. The van der Waals surface area contributed by atoms with Gasteiger partial charge in [0.1, 0.15) is 11.9 Å². The van der Waals surface area contributed by atoms with Crippen molar-refractivity contribution in [1.29, 1.82) is 0 Å². The molecule has 2 aromatic rings. The number of methoxy groups -OCH3 is 1. The van der Waals surface area contributed by atoms with Gasteiger partial charge in [0, 0.05) is 24.3 Å². The van der Waals surface area contributed by atoms with Gasteiger partial charge in [-0.05, 0) is 54.8 Å². The number of hydrogen-bond acceptors (Lipinski definition) is 3. The molecule has 0 saturated carbocycles. The second-order valence-corrected chi connectivity index (χ2v) is 5.69. The van der Waals surface area contributed by atoms with Crippen LogP contribution in [0.25, 0.3) is 0 Å². The maximum Gasteiger partial charge on any atom is 0.140 e. The number of hydrogen-bond donors (Lipinski definition) is 1. The van der Waals surface area contributed by atoms with E-state index in [1.54, 1.807) is 7.11 Å². The van der Waals surface area contributed by atoms with Gasteiger partial charge in [-0.3, -0.25) is 0 Å². The van der Waals surface area contributed by atoms with E-state index in [0.29, 0.717) is 0 Å². The molecule has 0 bridgehead atoms. The van der Waals surface area contributed by atoms with Crippen molar-refractivity contribution in [3.05, 3.63) is 59.7 Å². The summed E-state index contributed by atoms with van der Waals surface area (Å²) in [4.78, 5) is 2.39. The van der Waals surface area contributed by atoms with Crippen LogP contribution in [0, 0.1) is 11.8 Å². The molecule has 1 N–H and O–H groups in total. The fourth-order valence-electron chi connectivity index (χ4n) is 2.75. The highest BCUT2D eigenvalue weighted by Gasteiger charge is 2.11. The van der Waals surface area contributed by atoms with Crippen molar-refractivity contribution in [2.75, 3.05) is 25.1 Å². The molecule has 1 unspecified atom stereocenters. The van der Waals surface area contributed by atoms with Crippen LogP contribution >= 0.6 is 0 Å². The fourth-order valence-corrected chi connectivity index (χ4v) is 2.75. The van der Waals surface area contributed by atoms with E-state index in [9.17, 15) is 5.11 Å². The average molecular weight is 307 g/mol. The van der Waals surface area contributed by atoms with E-state index in [-0.39, 0.29) is 0 Å². The number of benzene rings is 2. The highest BCUT2D eigenvalue weighted by atomic mass is 16.5. The maximum atomic E-state index is 10.1. The zero-order valence-electron chi connectivity index (χ0n) is 13.3. The minimum atomic E-state index is -0.792. The molecule has 118 valence electrons. The third kappa shape index (κ3) is 3.85. The van der Waals surface area contributed by atoms with Crippen LogP contribution in [0.5, 0.6) is 5.75 Å². The second kappa shape index (κ2) is 7.21. The van der Waals surface area contributed by atoms with E-state index in [0.717, 1.165) is 30.0 Å². The molecule has 3 rings (SSSR count). The first-order valence-corrected chi connectivity index (χ1v) is 7.95. The van der Waals surface area contributed by atoms with E-state index < -0.39 is 6.10 Å². The van der Waals surface area contributed by atoms with Crippen LogP contribution in [0.1, 0.15) is 30.1 Å². The third-order valence-corrected chi connectivity index (χ3v) is 4.12. The number of anilines is 1. The largest absolute Gasteiger partial charge is 0.497 e. The third-order valence-electron chi connectivity index (χ3n) is 4.12. The van der Waals surface area contributed by atoms with Crippen LogP contribution in [-0.2, 0) is 0 Å². The summed E-state index contributed by atoms with van der Waals surface area (Å²) in [5.41, 5.74) is 2.94. The van der Waals surface area contributed by atoms with Crippen molar-refractivity contribution >= 4 is 5.69 Å². The molecule has 0 radical (unpaired) electrons. The van der Waals surface area contributed by atoms with Gasteiger partial charge in [-0.15, -0.1) is 0 Å². The molecule has 1 saturated heterocycles. The highest BCUT2D eigenvalue weighted by molar-refractivity contribution is 5.51. The number of ether oxygens (including phenoxy) is 1. The summed E-state index contributed by atoms with van der Waals surface area (Å²) < 4.78 is 5.11. The summed E-state index contributed by atoms with van der Waals surface area (Å²) in [7, 11) is 1.62. The molecule has 2 aromatic carbocycles. The van der Waals surface area contributed by atoms with Gasteiger partial charge < -0.3 is 14.7 Å². The van der Waals surface area contributed by atoms with E-state index in [4.69, 9.17) is 4.74 Å². The van der Waals surface area contributed by atoms with Crippen molar-refractivity contribution in [2.24, 2.45) is 0 Å². The van der Waals surface area contributed by atoms with Gasteiger partial charge in [0.25, 0.3) is 0 Å². The van der Waals surface area contributed by atoms with E-state index >= 15 is 0 Å². The van der Waals surface area contributed by atoms with Gasteiger partial charge in [0.05, 0.1) is 7.11 Å². The quantitative estimate of drug-likeness (QED) is 0.882. The molecular weight excluding hydrogens is 286 g/mol.